The molecule has 2 heterocycles. The van der Waals surface area contributed by atoms with Gasteiger partial charge < -0.3 is 4.57 Å². The van der Waals surface area contributed by atoms with Gasteiger partial charge in [-0.25, -0.2) is 0 Å². The lowest BCUT2D eigenvalue weighted by molar-refractivity contribution is -0.400. The van der Waals surface area contributed by atoms with Gasteiger partial charge >= 0.3 is 17.1 Å². The molecule has 22 heavy (non-hydrogen) atoms. The molecule has 12 heteroatoms. The lowest BCUT2D eigenvalue weighted by atomic mass is 10.1. The van der Waals surface area contributed by atoms with Crippen molar-refractivity contribution in [3.63, 3.8) is 0 Å². The van der Waals surface area contributed by atoms with E-state index < -0.39 is 48.9 Å². The summed E-state index contributed by atoms with van der Waals surface area (Å²) in [7, 11) is 0. The lowest BCUT2D eigenvalue weighted by Gasteiger charge is -2.06. The predicted octanol–water partition coefficient (Wildman–Crippen LogP) is 2.93. The molecule has 1 aromatic heterocycles. The van der Waals surface area contributed by atoms with E-state index in [0.717, 1.165) is 4.57 Å². The molecule has 2 bridgehead atoms. The van der Waals surface area contributed by atoms with Gasteiger partial charge in [-0.2, -0.15) is 0 Å². The molecule has 0 N–H and O–H groups in total. The predicted molar refractivity (Wildman–Crippen MR) is 69.9 cm³/mol. The van der Waals surface area contributed by atoms with Gasteiger partial charge in [-0.1, -0.05) is 0 Å². The van der Waals surface area contributed by atoms with Crippen LogP contribution in [0.2, 0.25) is 0 Å². The number of fused-ring (bicyclic) bond motifs is 2. The van der Waals surface area contributed by atoms with E-state index in [1.807, 2.05) is 0 Å². The van der Waals surface area contributed by atoms with Crippen molar-refractivity contribution >= 4 is 28.4 Å². The van der Waals surface area contributed by atoms with Gasteiger partial charge in [-0.3, -0.25) is 30.3 Å². The molecule has 1 aliphatic rings. The highest BCUT2D eigenvalue weighted by Crippen LogP contribution is 2.57. The molecule has 0 fully saturated rings. The molecular formula is C10H4N6O6. The van der Waals surface area contributed by atoms with Gasteiger partial charge in [0.1, 0.15) is 0 Å². The third-order valence-corrected chi connectivity index (χ3v) is 3.01. The Labute approximate surface area is 119 Å². The van der Waals surface area contributed by atoms with E-state index in [-0.39, 0.29) is 0 Å². The summed E-state index contributed by atoms with van der Waals surface area (Å²) in [6, 6.07) is 3.00. The lowest BCUT2D eigenvalue weighted by Crippen LogP contribution is -2.05. The van der Waals surface area contributed by atoms with Crippen LogP contribution in [-0.4, -0.2) is 19.3 Å². The molecule has 0 spiro atoms. The fourth-order valence-corrected chi connectivity index (χ4v) is 2.21. The minimum absolute atomic E-state index is 0.416. The summed E-state index contributed by atoms with van der Waals surface area (Å²) >= 11 is 0. The molecule has 2 aromatic rings. The summed E-state index contributed by atoms with van der Waals surface area (Å²) in [6.07, 6.45) is 2.69. The number of hydrogen-bond acceptors (Lipinski definition) is 8. The molecule has 1 aliphatic heterocycles. The summed E-state index contributed by atoms with van der Waals surface area (Å²) in [5, 5.41) is 40.5. The smallest absolute Gasteiger partial charge is 0.312 e. The maximum atomic E-state index is 11.3. The standard InChI is InChI=1S/C10H4N6O6/c17-14(18)7-5-8(15(19)20)10(13-3-1-2-4-13)9(16(21)22)6(7)12-11-5/h1-4H. The first-order valence-electron chi connectivity index (χ1n) is 5.65. The SMILES string of the molecule is O=[N+]([O-])c1c2c([N+](=O)[O-])c(-n3cccc3)c([N+](=O)[O-])c1N=N2. The van der Waals surface area contributed by atoms with Crippen LogP contribution in [0.5, 0.6) is 0 Å². The minimum Gasteiger partial charge on any atom is -0.312 e. The van der Waals surface area contributed by atoms with Crippen molar-refractivity contribution < 1.29 is 14.8 Å². The third-order valence-electron chi connectivity index (χ3n) is 3.01. The highest BCUT2D eigenvalue weighted by Gasteiger charge is 2.46. The van der Waals surface area contributed by atoms with E-state index in [9.17, 15) is 30.3 Å². The number of azo groups is 1. The van der Waals surface area contributed by atoms with Crippen molar-refractivity contribution in [1.29, 1.82) is 0 Å². The monoisotopic (exact) mass is 304 g/mol. The average molecular weight is 304 g/mol. The molecule has 12 nitrogen and oxygen atoms in total. The Morgan fingerprint density at radius 1 is 0.773 bits per heavy atom. The van der Waals surface area contributed by atoms with Crippen LogP contribution in [-0.2, 0) is 0 Å². The van der Waals surface area contributed by atoms with Gasteiger partial charge in [0.15, 0.2) is 0 Å². The first kappa shape index (κ1) is 13.3. The van der Waals surface area contributed by atoms with Gasteiger partial charge in [-0.15, -0.1) is 10.2 Å². The Morgan fingerprint density at radius 2 is 1.18 bits per heavy atom. The largest absolute Gasteiger partial charge is 0.338 e. The number of aromatic nitrogens is 1. The molecule has 0 amide bonds. The summed E-state index contributed by atoms with van der Waals surface area (Å²) in [5.41, 5.74) is -4.12. The van der Waals surface area contributed by atoms with Crippen LogP contribution in [0, 0.1) is 30.3 Å². The van der Waals surface area contributed by atoms with Gasteiger partial charge in [0, 0.05) is 12.4 Å². The Hall–Kier alpha value is -3.70. The average Bonchev–Trinajstić information content (AvgIpc) is 3.05. The molecule has 0 saturated carbocycles. The van der Waals surface area contributed by atoms with Crippen molar-refractivity contribution in [1.82, 2.24) is 4.57 Å². The first-order chi connectivity index (χ1) is 10.4. The van der Waals surface area contributed by atoms with Crippen molar-refractivity contribution in [2.45, 2.75) is 0 Å². The van der Waals surface area contributed by atoms with Crippen molar-refractivity contribution in [3.8, 4) is 5.69 Å². The maximum absolute atomic E-state index is 11.3. The Balaban J connectivity index is 2.53. The van der Waals surface area contributed by atoms with Crippen molar-refractivity contribution in [2.75, 3.05) is 0 Å². The summed E-state index contributed by atoms with van der Waals surface area (Å²) in [5.74, 6) is 0. The summed E-state index contributed by atoms with van der Waals surface area (Å²) < 4.78 is 1.13. The molecular weight excluding hydrogens is 300 g/mol. The van der Waals surface area contributed by atoms with E-state index in [0.29, 0.717) is 0 Å². The topological polar surface area (TPSA) is 159 Å². The molecule has 0 saturated heterocycles. The summed E-state index contributed by atoms with van der Waals surface area (Å²) in [6.45, 7) is 0. The second-order valence-corrected chi connectivity index (χ2v) is 4.15. The van der Waals surface area contributed by atoms with Crippen LogP contribution < -0.4 is 0 Å². The van der Waals surface area contributed by atoms with Gasteiger partial charge in [-0.05, 0) is 12.1 Å². The Morgan fingerprint density at radius 3 is 1.55 bits per heavy atom. The second kappa shape index (κ2) is 4.41. The first-order valence-corrected chi connectivity index (χ1v) is 5.65. The van der Waals surface area contributed by atoms with Gasteiger partial charge in [0.05, 0.1) is 14.8 Å². The minimum atomic E-state index is -0.968. The van der Waals surface area contributed by atoms with Crippen molar-refractivity contribution in [3.05, 3.63) is 54.9 Å². The van der Waals surface area contributed by atoms with Crippen molar-refractivity contribution in [2.24, 2.45) is 10.2 Å². The van der Waals surface area contributed by atoms with E-state index in [4.69, 9.17) is 0 Å². The molecule has 1 aromatic carbocycles. The van der Waals surface area contributed by atoms with Crippen LogP contribution >= 0.6 is 0 Å². The number of nitro groups is 3. The van der Waals surface area contributed by atoms with Crippen LogP contribution in [0.1, 0.15) is 0 Å². The third kappa shape index (κ3) is 1.64. The van der Waals surface area contributed by atoms with Gasteiger partial charge in [0.2, 0.25) is 17.1 Å². The molecule has 0 aliphatic carbocycles. The molecule has 110 valence electrons. The highest BCUT2D eigenvalue weighted by atomic mass is 16.6. The zero-order valence-corrected chi connectivity index (χ0v) is 10.4. The zero-order valence-electron chi connectivity index (χ0n) is 10.4. The number of nitrogens with zero attached hydrogens (tertiary/aromatic N) is 6. The van der Waals surface area contributed by atoms with E-state index in [1.54, 1.807) is 0 Å². The molecule has 0 radical (unpaired) electrons. The highest BCUT2D eigenvalue weighted by molar-refractivity contribution is 5.95. The van der Waals surface area contributed by atoms with E-state index in [2.05, 4.69) is 10.2 Å². The van der Waals surface area contributed by atoms with Crippen LogP contribution in [0.3, 0.4) is 0 Å². The van der Waals surface area contributed by atoms with Crippen LogP contribution in [0.15, 0.2) is 34.8 Å². The number of rotatable bonds is 4. The zero-order chi connectivity index (χ0) is 16.0. The number of benzene rings is 1. The quantitative estimate of drug-likeness (QED) is 0.531. The summed E-state index contributed by atoms with van der Waals surface area (Å²) in [4.78, 5) is 30.8. The van der Waals surface area contributed by atoms with Gasteiger partial charge in [0.25, 0.3) is 0 Å². The van der Waals surface area contributed by atoms with E-state index >= 15 is 0 Å². The number of nitro benzene ring substituents is 3. The molecule has 0 unspecified atom stereocenters. The second-order valence-electron chi connectivity index (χ2n) is 4.15. The normalized spacial score (nSPS) is 11.6. The maximum Gasteiger partial charge on any atom is 0.338 e. The van der Waals surface area contributed by atoms with E-state index in [1.165, 1.54) is 24.5 Å². The molecule has 0 atom stereocenters. The van der Waals surface area contributed by atoms with Crippen LogP contribution in [0.4, 0.5) is 28.4 Å². The number of hydrogen-bond donors (Lipinski definition) is 0. The fraction of sp³-hybridized carbons (Fsp3) is 0. The van der Waals surface area contributed by atoms with Crippen LogP contribution in [0.25, 0.3) is 5.69 Å². The Kier molecular flexibility index (Phi) is 2.66. The Bertz CT molecular complexity index is 826. The fourth-order valence-electron chi connectivity index (χ4n) is 2.21. The molecule has 3 rings (SSSR count).